The molecule has 6 heteroatoms. The maximum atomic E-state index is 10.6. The van der Waals surface area contributed by atoms with E-state index < -0.39 is 11.0 Å². The summed E-state index contributed by atoms with van der Waals surface area (Å²) < 4.78 is 0.951. The van der Waals surface area contributed by atoms with Crippen LogP contribution in [0.25, 0.3) is 0 Å². The van der Waals surface area contributed by atoms with Crippen LogP contribution in [-0.4, -0.2) is 16.6 Å². The highest BCUT2D eigenvalue weighted by Gasteiger charge is 2.10. The normalized spacial score (nSPS) is 11.9. The van der Waals surface area contributed by atoms with Crippen molar-refractivity contribution in [2.45, 2.75) is 6.10 Å². The Morgan fingerprint density at radius 1 is 1.25 bits per heavy atom. The van der Waals surface area contributed by atoms with Gasteiger partial charge in [0.15, 0.2) is 0 Å². The van der Waals surface area contributed by atoms with Gasteiger partial charge in [0.2, 0.25) is 0 Å². The zero-order valence-electron chi connectivity index (χ0n) is 10.5. The van der Waals surface area contributed by atoms with E-state index in [-0.39, 0.29) is 5.69 Å². The summed E-state index contributed by atoms with van der Waals surface area (Å²) in [4.78, 5) is 10.1. The Kier molecular flexibility index (Phi) is 4.70. The number of hydrogen-bond acceptors (Lipinski definition) is 4. The van der Waals surface area contributed by atoms with E-state index in [0.717, 1.165) is 10.2 Å². The molecule has 0 saturated heterocycles. The van der Waals surface area contributed by atoms with Gasteiger partial charge in [-0.05, 0) is 35.9 Å². The Bertz CT molecular complexity index is 602. The van der Waals surface area contributed by atoms with Crippen molar-refractivity contribution >= 4 is 27.3 Å². The first-order valence-electron chi connectivity index (χ1n) is 5.98. The third-order valence-corrected chi connectivity index (χ3v) is 3.31. The monoisotopic (exact) mass is 336 g/mol. The van der Waals surface area contributed by atoms with Crippen molar-refractivity contribution in [2.24, 2.45) is 0 Å². The quantitative estimate of drug-likeness (QED) is 0.647. The first-order chi connectivity index (χ1) is 9.56. The molecular weight excluding hydrogens is 324 g/mol. The average molecular weight is 337 g/mol. The fraction of sp³-hybridized carbons (Fsp3) is 0.143. The SMILES string of the molecule is O=[N+]([O-])c1ccc(C(O)CNc2cccc(Br)c2)cc1. The number of nitro benzene ring substituents is 1. The van der Waals surface area contributed by atoms with E-state index in [1.165, 1.54) is 12.1 Å². The number of halogens is 1. The summed E-state index contributed by atoms with van der Waals surface area (Å²) in [5.41, 5.74) is 1.54. The van der Waals surface area contributed by atoms with Gasteiger partial charge in [0.1, 0.15) is 0 Å². The minimum atomic E-state index is -0.727. The Morgan fingerprint density at radius 2 is 1.95 bits per heavy atom. The second-order valence-electron chi connectivity index (χ2n) is 4.26. The summed E-state index contributed by atoms with van der Waals surface area (Å²) in [6.07, 6.45) is -0.727. The molecule has 0 heterocycles. The van der Waals surface area contributed by atoms with Crippen LogP contribution in [0.5, 0.6) is 0 Å². The Labute approximate surface area is 124 Å². The molecule has 2 aromatic carbocycles. The number of nitrogens with one attached hydrogen (secondary N) is 1. The van der Waals surface area contributed by atoms with Crippen molar-refractivity contribution in [3.63, 3.8) is 0 Å². The largest absolute Gasteiger partial charge is 0.387 e. The first kappa shape index (κ1) is 14.5. The highest BCUT2D eigenvalue weighted by molar-refractivity contribution is 9.10. The van der Waals surface area contributed by atoms with Crippen LogP contribution in [0.2, 0.25) is 0 Å². The van der Waals surface area contributed by atoms with Crippen molar-refractivity contribution in [1.82, 2.24) is 0 Å². The predicted octanol–water partition coefficient (Wildman–Crippen LogP) is 3.50. The van der Waals surface area contributed by atoms with Crippen LogP contribution in [-0.2, 0) is 0 Å². The van der Waals surface area contributed by atoms with Crippen LogP contribution < -0.4 is 5.32 Å². The lowest BCUT2D eigenvalue weighted by atomic mass is 10.1. The van der Waals surface area contributed by atoms with Gasteiger partial charge in [-0.25, -0.2) is 0 Å². The Balaban J connectivity index is 1.97. The number of rotatable bonds is 5. The molecule has 0 aliphatic rings. The van der Waals surface area contributed by atoms with E-state index in [4.69, 9.17) is 0 Å². The van der Waals surface area contributed by atoms with Gasteiger partial charge < -0.3 is 10.4 Å². The molecule has 104 valence electrons. The molecular formula is C14H13BrN2O3. The van der Waals surface area contributed by atoms with Gasteiger partial charge in [0.25, 0.3) is 5.69 Å². The van der Waals surface area contributed by atoms with Gasteiger partial charge in [0, 0.05) is 28.8 Å². The van der Waals surface area contributed by atoms with E-state index in [0.29, 0.717) is 12.1 Å². The van der Waals surface area contributed by atoms with Crippen LogP contribution in [0.3, 0.4) is 0 Å². The van der Waals surface area contributed by atoms with Crippen LogP contribution in [0.1, 0.15) is 11.7 Å². The van der Waals surface area contributed by atoms with Crippen molar-refractivity contribution in [3.05, 3.63) is 68.7 Å². The number of non-ortho nitro benzene ring substituents is 1. The fourth-order valence-corrected chi connectivity index (χ4v) is 2.15. The van der Waals surface area contributed by atoms with Gasteiger partial charge in [-0.15, -0.1) is 0 Å². The number of nitro groups is 1. The molecule has 2 rings (SSSR count). The fourth-order valence-electron chi connectivity index (χ4n) is 1.75. The molecule has 2 aromatic rings. The van der Waals surface area contributed by atoms with Gasteiger partial charge in [-0.1, -0.05) is 22.0 Å². The molecule has 2 N–H and O–H groups in total. The van der Waals surface area contributed by atoms with E-state index in [2.05, 4.69) is 21.2 Å². The highest BCUT2D eigenvalue weighted by atomic mass is 79.9. The summed E-state index contributed by atoms with van der Waals surface area (Å²) >= 11 is 3.37. The molecule has 0 fully saturated rings. The zero-order chi connectivity index (χ0) is 14.5. The lowest BCUT2D eigenvalue weighted by Crippen LogP contribution is -2.12. The third-order valence-electron chi connectivity index (χ3n) is 2.81. The van der Waals surface area contributed by atoms with Gasteiger partial charge in [-0.3, -0.25) is 10.1 Å². The van der Waals surface area contributed by atoms with E-state index in [1.807, 2.05) is 24.3 Å². The molecule has 0 amide bonds. The van der Waals surface area contributed by atoms with Crippen LogP contribution in [0, 0.1) is 10.1 Å². The van der Waals surface area contributed by atoms with Gasteiger partial charge in [0.05, 0.1) is 11.0 Å². The molecule has 0 aliphatic heterocycles. The average Bonchev–Trinajstić information content (AvgIpc) is 2.45. The molecule has 0 aliphatic carbocycles. The smallest absolute Gasteiger partial charge is 0.269 e. The topological polar surface area (TPSA) is 75.4 Å². The minimum Gasteiger partial charge on any atom is -0.387 e. The first-order valence-corrected chi connectivity index (χ1v) is 6.77. The number of aliphatic hydroxyl groups is 1. The molecule has 1 atom stereocenters. The van der Waals surface area contributed by atoms with Crippen molar-refractivity contribution in [1.29, 1.82) is 0 Å². The molecule has 20 heavy (non-hydrogen) atoms. The lowest BCUT2D eigenvalue weighted by molar-refractivity contribution is -0.384. The predicted molar refractivity (Wildman–Crippen MR) is 80.7 cm³/mol. The summed E-state index contributed by atoms with van der Waals surface area (Å²) in [6, 6.07) is 13.5. The molecule has 0 bridgehead atoms. The zero-order valence-corrected chi connectivity index (χ0v) is 12.1. The van der Waals surface area contributed by atoms with Crippen molar-refractivity contribution < 1.29 is 10.0 Å². The Hall–Kier alpha value is -1.92. The second kappa shape index (κ2) is 6.49. The molecule has 0 spiro atoms. The molecule has 5 nitrogen and oxygen atoms in total. The molecule has 0 radical (unpaired) electrons. The summed E-state index contributed by atoms with van der Waals surface area (Å²) in [5, 5.41) is 23.7. The summed E-state index contributed by atoms with van der Waals surface area (Å²) in [7, 11) is 0. The Morgan fingerprint density at radius 3 is 2.55 bits per heavy atom. The number of benzene rings is 2. The van der Waals surface area contributed by atoms with E-state index >= 15 is 0 Å². The van der Waals surface area contributed by atoms with Crippen LogP contribution in [0.4, 0.5) is 11.4 Å². The standard InChI is InChI=1S/C14H13BrN2O3/c15-11-2-1-3-12(8-11)16-9-14(18)10-4-6-13(7-5-10)17(19)20/h1-8,14,16,18H,9H2. The number of anilines is 1. The summed E-state index contributed by atoms with van der Waals surface area (Å²) in [5.74, 6) is 0. The van der Waals surface area contributed by atoms with E-state index in [9.17, 15) is 15.2 Å². The lowest BCUT2D eigenvalue weighted by Gasteiger charge is -2.13. The molecule has 0 saturated carbocycles. The maximum Gasteiger partial charge on any atom is 0.269 e. The highest BCUT2D eigenvalue weighted by Crippen LogP contribution is 2.20. The third kappa shape index (κ3) is 3.79. The second-order valence-corrected chi connectivity index (χ2v) is 5.17. The number of aliphatic hydroxyl groups excluding tert-OH is 1. The molecule has 0 aromatic heterocycles. The van der Waals surface area contributed by atoms with Crippen LogP contribution in [0.15, 0.2) is 53.0 Å². The maximum absolute atomic E-state index is 10.6. The minimum absolute atomic E-state index is 0.0147. The number of hydrogen-bond donors (Lipinski definition) is 2. The van der Waals surface area contributed by atoms with Crippen molar-refractivity contribution in [3.8, 4) is 0 Å². The molecule has 1 unspecified atom stereocenters. The van der Waals surface area contributed by atoms with Gasteiger partial charge in [-0.2, -0.15) is 0 Å². The van der Waals surface area contributed by atoms with Crippen LogP contribution >= 0.6 is 15.9 Å². The van der Waals surface area contributed by atoms with E-state index in [1.54, 1.807) is 12.1 Å². The summed E-state index contributed by atoms with van der Waals surface area (Å²) in [6.45, 7) is 0.328. The number of nitrogens with zero attached hydrogens (tertiary/aromatic N) is 1. The van der Waals surface area contributed by atoms with Gasteiger partial charge >= 0.3 is 0 Å². The van der Waals surface area contributed by atoms with Crippen molar-refractivity contribution in [2.75, 3.05) is 11.9 Å².